The minimum absolute atomic E-state index is 0. The number of pyridine rings is 1. The lowest BCUT2D eigenvalue weighted by Crippen LogP contribution is -2.21. The van der Waals surface area contributed by atoms with Gasteiger partial charge < -0.3 is 5.32 Å². The molecule has 1 heterocycles. The maximum Gasteiger partial charge on any atom is 0.405 e. The summed E-state index contributed by atoms with van der Waals surface area (Å²) in [4.78, 5) is 13.0. The Morgan fingerprint density at radius 3 is 2.62 bits per heavy atom. The van der Waals surface area contributed by atoms with Gasteiger partial charge in [0.15, 0.2) is 0 Å². The molecule has 0 spiro atoms. The molecule has 1 N–H and O–H groups in total. The van der Waals surface area contributed by atoms with Crippen molar-refractivity contribution < 1.29 is 18.1 Å². The van der Waals surface area contributed by atoms with E-state index < -0.39 is 23.3 Å². The number of hydrogen-bond donors (Lipinski definition) is 1. The average molecular weight is 258 g/mol. The number of anilines is 1. The quantitative estimate of drug-likeness (QED) is 0.667. The fourth-order valence-electron chi connectivity index (χ4n) is 0.877. The van der Waals surface area contributed by atoms with Crippen molar-refractivity contribution in [1.82, 2.24) is 4.98 Å². The van der Waals surface area contributed by atoms with Gasteiger partial charge in [-0.3, -0.25) is 15.1 Å². The van der Waals surface area contributed by atoms with Crippen molar-refractivity contribution in [3.8, 4) is 0 Å². The van der Waals surface area contributed by atoms with Crippen molar-refractivity contribution in [2.45, 2.75) is 6.18 Å². The Morgan fingerprint density at radius 1 is 1.50 bits per heavy atom. The lowest BCUT2D eigenvalue weighted by Gasteiger charge is -2.08. The molecule has 16 heavy (non-hydrogen) atoms. The Morgan fingerprint density at radius 2 is 2.12 bits per heavy atom. The molecule has 0 aromatic carbocycles. The van der Waals surface area contributed by atoms with Crippen molar-refractivity contribution in [3.05, 3.63) is 28.6 Å². The highest BCUT2D eigenvalue weighted by Gasteiger charge is 2.28. The first kappa shape index (κ1) is 14.4. The standard InChI is InChI=1S/C7H6F3N3O2.ClH/c8-7(9,10)4-12-5-1-2-11-3-6(5)13(14)15;/h1-3H,4H2,(H,11,12);1H. The van der Waals surface area contributed by atoms with Crippen molar-refractivity contribution in [1.29, 1.82) is 0 Å². The Bertz CT molecular complexity index is 372. The highest BCUT2D eigenvalue weighted by molar-refractivity contribution is 5.85. The summed E-state index contributed by atoms with van der Waals surface area (Å²) in [7, 11) is 0. The summed E-state index contributed by atoms with van der Waals surface area (Å²) in [5.74, 6) is 0. The van der Waals surface area contributed by atoms with Gasteiger partial charge in [-0.05, 0) is 6.07 Å². The third-order valence-electron chi connectivity index (χ3n) is 1.48. The summed E-state index contributed by atoms with van der Waals surface area (Å²) in [6.07, 6.45) is -2.36. The van der Waals surface area contributed by atoms with Gasteiger partial charge in [0.05, 0.1) is 4.92 Å². The molecule has 5 nitrogen and oxygen atoms in total. The molecule has 0 aliphatic carbocycles. The van der Waals surface area contributed by atoms with Crippen molar-refractivity contribution in [2.75, 3.05) is 11.9 Å². The lowest BCUT2D eigenvalue weighted by atomic mass is 10.3. The smallest absolute Gasteiger partial charge is 0.371 e. The van der Waals surface area contributed by atoms with Crippen LogP contribution >= 0.6 is 12.4 Å². The van der Waals surface area contributed by atoms with E-state index >= 15 is 0 Å². The van der Waals surface area contributed by atoms with Crippen molar-refractivity contribution in [3.63, 3.8) is 0 Å². The first-order chi connectivity index (χ1) is 6.90. The Balaban J connectivity index is 0.00000225. The molecule has 1 aromatic heterocycles. The second-order valence-corrected chi connectivity index (χ2v) is 2.62. The second kappa shape index (κ2) is 5.50. The molecular weight excluding hydrogens is 251 g/mol. The van der Waals surface area contributed by atoms with Crippen LogP contribution in [-0.2, 0) is 0 Å². The van der Waals surface area contributed by atoms with Crippen molar-refractivity contribution in [2.24, 2.45) is 0 Å². The number of aromatic nitrogens is 1. The highest BCUT2D eigenvalue weighted by Crippen LogP contribution is 2.23. The summed E-state index contributed by atoms with van der Waals surface area (Å²) in [6, 6.07) is 1.11. The van der Waals surface area contributed by atoms with Gasteiger partial charge in [-0.25, -0.2) is 0 Å². The minimum Gasteiger partial charge on any atom is -0.371 e. The van der Waals surface area contributed by atoms with E-state index in [1.54, 1.807) is 0 Å². The molecule has 0 atom stereocenters. The maximum atomic E-state index is 11.8. The van der Waals surface area contributed by atoms with Gasteiger partial charge in [-0.15, -0.1) is 12.4 Å². The Hall–Kier alpha value is -1.57. The Kier molecular flexibility index (Phi) is 4.96. The summed E-state index contributed by atoms with van der Waals surface area (Å²) in [5, 5.41) is 12.3. The molecule has 0 unspecified atom stereocenters. The number of nitrogens with zero attached hydrogens (tertiary/aromatic N) is 2. The van der Waals surface area contributed by atoms with Crippen LogP contribution in [0.15, 0.2) is 18.5 Å². The second-order valence-electron chi connectivity index (χ2n) is 2.62. The summed E-state index contributed by atoms with van der Waals surface area (Å²) < 4.78 is 35.5. The van der Waals surface area contributed by atoms with Crippen LogP contribution in [-0.4, -0.2) is 22.6 Å². The zero-order valence-corrected chi connectivity index (χ0v) is 8.51. The van der Waals surface area contributed by atoms with Gasteiger partial charge in [0.25, 0.3) is 0 Å². The van der Waals surface area contributed by atoms with Crippen LogP contribution in [0.2, 0.25) is 0 Å². The van der Waals surface area contributed by atoms with E-state index in [1.165, 1.54) is 6.20 Å². The van der Waals surface area contributed by atoms with Gasteiger partial charge in [0.1, 0.15) is 18.4 Å². The van der Waals surface area contributed by atoms with Crippen LogP contribution < -0.4 is 5.32 Å². The molecule has 0 radical (unpaired) electrons. The molecule has 0 saturated heterocycles. The molecular formula is C7H7ClF3N3O2. The fraction of sp³-hybridized carbons (Fsp3) is 0.286. The number of halogens is 4. The van der Waals surface area contributed by atoms with E-state index in [9.17, 15) is 23.3 Å². The molecule has 1 aromatic rings. The van der Waals surface area contributed by atoms with E-state index in [0.717, 1.165) is 12.3 Å². The molecule has 0 saturated carbocycles. The molecule has 0 fully saturated rings. The normalized spacial score (nSPS) is 10.4. The largest absolute Gasteiger partial charge is 0.405 e. The molecule has 0 aliphatic heterocycles. The first-order valence-electron chi connectivity index (χ1n) is 3.79. The zero-order valence-electron chi connectivity index (χ0n) is 7.69. The van der Waals surface area contributed by atoms with Crippen LogP contribution in [0, 0.1) is 10.1 Å². The molecule has 0 aliphatic rings. The predicted octanol–water partition coefficient (Wildman–Crippen LogP) is 2.39. The summed E-state index contributed by atoms with van der Waals surface area (Å²) in [6.45, 7) is -1.32. The first-order valence-corrected chi connectivity index (χ1v) is 3.79. The van der Waals surface area contributed by atoms with Crippen molar-refractivity contribution >= 4 is 23.8 Å². The summed E-state index contributed by atoms with van der Waals surface area (Å²) in [5.41, 5.74) is -0.686. The van der Waals surface area contributed by atoms with E-state index in [1.807, 2.05) is 5.32 Å². The number of nitrogens with one attached hydrogen (secondary N) is 1. The predicted molar refractivity (Wildman–Crippen MR) is 52.7 cm³/mol. The number of rotatable bonds is 3. The monoisotopic (exact) mass is 257 g/mol. The van der Waals surface area contributed by atoms with Gasteiger partial charge in [0, 0.05) is 6.20 Å². The molecule has 9 heteroatoms. The van der Waals surface area contributed by atoms with Crippen LogP contribution in [0.3, 0.4) is 0 Å². The maximum absolute atomic E-state index is 11.8. The fourth-order valence-corrected chi connectivity index (χ4v) is 0.877. The lowest BCUT2D eigenvalue weighted by molar-refractivity contribution is -0.384. The number of alkyl halides is 3. The van der Waals surface area contributed by atoms with Crippen LogP contribution in [0.4, 0.5) is 24.5 Å². The van der Waals surface area contributed by atoms with Crippen LogP contribution in [0.25, 0.3) is 0 Å². The van der Waals surface area contributed by atoms with E-state index in [4.69, 9.17) is 0 Å². The van der Waals surface area contributed by atoms with E-state index in [-0.39, 0.29) is 18.1 Å². The number of nitro groups is 1. The Labute approximate surface area is 94.2 Å². The highest BCUT2D eigenvalue weighted by atomic mass is 35.5. The van der Waals surface area contributed by atoms with Gasteiger partial charge in [-0.1, -0.05) is 0 Å². The molecule has 0 bridgehead atoms. The van der Waals surface area contributed by atoms with Crippen LogP contribution in [0.5, 0.6) is 0 Å². The van der Waals surface area contributed by atoms with Gasteiger partial charge in [-0.2, -0.15) is 13.2 Å². The molecule has 90 valence electrons. The zero-order chi connectivity index (χ0) is 11.5. The number of hydrogen-bond acceptors (Lipinski definition) is 4. The van der Waals surface area contributed by atoms with E-state index in [0.29, 0.717) is 0 Å². The van der Waals surface area contributed by atoms with Gasteiger partial charge in [0.2, 0.25) is 0 Å². The third kappa shape index (κ3) is 4.30. The van der Waals surface area contributed by atoms with Gasteiger partial charge >= 0.3 is 11.9 Å². The third-order valence-corrected chi connectivity index (χ3v) is 1.48. The van der Waals surface area contributed by atoms with Crippen LogP contribution in [0.1, 0.15) is 0 Å². The topological polar surface area (TPSA) is 68.1 Å². The average Bonchev–Trinajstić information content (AvgIpc) is 2.14. The minimum atomic E-state index is -4.42. The molecule has 1 rings (SSSR count). The van der Waals surface area contributed by atoms with E-state index in [2.05, 4.69) is 4.98 Å². The molecule has 0 amide bonds. The SMILES string of the molecule is Cl.O=[N+]([O-])c1cnccc1NCC(F)(F)F. The summed E-state index contributed by atoms with van der Waals surface area (Å²) >= 11 is 0.